The van der Waals surface area contributed by atoms with Crippen molar-refractivity contribution in [2.24, 2.45) is 0 Å². The minimum atomic E-state index is -1.05. The first kappa shape index (κ1) is 34.1. The second-order valence-electron chi connectivity index (χ2n) is 10.3. The average Bonchev–Trinajstić information content (AvgIpc) is 3.06. The Bertz CT molecular complexity index is 1310. The van der Waals surface area contributed by atoms with Crippen molar-refractivity contribution < 1.29 is 38.4 Å². The number of rotatable bonds is 7. The third-order valence-corrected chi connectivity index (χ3v) is 7.23. The fourth-order valence-electron chi connectivity index (χ4n) is 4.98. The average molecular weight is 623 g/mol. The summed E-state index contributed by atoms with van der Waals surface area (Å²) in [4.78, 5) is 36.9. The molecule has 4 rings (SSSR count). The summed E-state index contributed by atoms with van der Waals surface area (Å²) < 4.78 is 28.6. The number of ether oxygens (including phenoxy) is 5. The summed E-state index contributed by atoms with van der Waals surface area (Å²) in [5, 5.41) is 9.28. The van der Waals surface area contributed by atoms with Gasteiger partial charge in [-0.05, 0) is 29.8 Å². The maximum Gasteiger partial charge on any atom is 0.356 e. The van der Waals surface area contributed by atoms with Crippen LogP contribution in [0, 0.1) is 0 Å². The lowest BCUT2D eigenvalue weighted by Crippen LogP contribution is -2.36. The molecule has 3 aromatic rings. The quantitative estimate of drug-likeness (QED) is 0.389. The number of hydrogen-bond donors (Lipinski definition) is 1. The van der Waals surface area contributed by atoms with Gasteiger partial charge in [0.15, 0.2) is 0 Å². The van der Waals surface area contributed by atoms with Crippen molar-refractivity contribution in [3.8, 4) is 0 Å². The van der Waals surface area contributed by atoms with Gasteiger partial charge < -0.3 is 28.8 Å². The molecule has 12 nitrogen and oxygen atoms in total. The summed E-state index contributed by atoms with van der Waals surface area (Å²) >= 11 is 0. The third-order valence-electron chi connectivity index (χ3n) is 7.23. The molecule has 0 spiro atoms. The lowest BCUT2D eigenvalue weighted by Gasteiger charge is -2.32. The van der Waals surface area contributed by atoms with E-state index >= 15 is 0 Å². The van der Waals surface area contributed by atoms with Gasteiger partial charge in [0.1, 0.15) is 11.4 Å². The van der Waals surface area contributed by atoms with E-state index in [1.165, 1.54) is 13.2 Å². The maximum atomic E-state index is 12.3. The zero-order chi connectivity index (χ0) is 31.7. The van der Waals surface area contributed by atoms with Gasteiger partial charge in [-0.1, -0.05) is 42.5 Å². The molecule has 12 heteroatoms. The number of methoxy groups -OCH3 is 1. The highest BCUT2D eigenvalue weighted by atomic mass is 16.5. The summed E-state index contributed by atoms with van der Waals surface area (Å²) in [6, 6.07) is 20.2. The van der Waals surface area contributed by atoms with E-state index in [1.807, 2.05) is 48.5 Å². The highest BCUT2D eigenvalue weighted by Gasteiger charge is 2.25. The van der Waals surface area contributed by atoms with Gasteiger partial charge in [-0.15, -0.1) is 0 Å². The van der Waals surface area contributed by atoms with Crippen molar-refractivity contribution >= 4 is 11.9 Å². The Morgan fingerprint density at radius 2 is 1.31 bits per heavy atom. The number of hydrogen-bond acceptors (Lipinski definition) is 11. The molecule has 1 N–H and O–H groups in total. The van der Waals surface area contributed by atoms with Crippen LogP contribution in [0.5, 0.6) is 0 Å². The second-order valence-corrected chi connectivity index (χ2v) is 10.3. The van der Waals surface area contributed by atoms with E-state index in [4.69, 9.17) is 23.7 Å². The second kappa shape index (κ2) is 18.9. The minimum absolute atomic E-state index is 0.0234. The monoisotopic (exact) mass is 622 g/mol. The number of esters is 1. The first-order valence-corrected chi connectivity index (χ1v) is 15.1. The Morgan fingerprint density at radius 1 is 0.733 bits per heavy atom. The van der Waals surface area contributed by atoms with E-state index in [-0.39, 0.29) is 17.4 Å². The first-order valence-electron chi connectivity index (χ1n) is 15.1. The normalized spacial score (nSPS) is 17.9. The van der Waals surface area contributed by atoms with Crippen LogP contribution in [-0.4, -0.2) is 123 Å². The van der Waals surface area contributed by atoms with Gasteiger partial charge in [0, 0.05) is 32.7 Å². The molecule has 2 aromatic heterocycles. The summed E-state index contributed by atoms with van der Waals surface area (Å²) in [5.41, 5.74) is 2.72. The number of carboxylic acids is 1. The fourth-order valence-corrected chi connectivity index (χ4v) is 4.98. The standard InChI is InChI=1S/C33H42N4O8/c1-41-33(40)30-12-6-10-28(35-30)31(26-7-3-2-4-8-26)37-15-19-44-23-21-42-17-13-36(14-18-43-22-24-45-20-16-37)25-27-9-5-11-29(34-27)32(38)39/h2-12,31H,13-25H2,1H3,(H,38,39). The summed E-state index contributed by atoms with van der Waals surface area (Å²) in [5.74, 6) is -1.53. The number of carbonyl (C=O) groups excluding carboxylic acids is 1. The van der Waals surface area contributed by atoms with Gasteiger partial charge in [0.05, 0.1) is 77.4 Å². The molecule has 1 fully saturated rings. The molecule has 0 amide bonds. The molecule has 0 radical (unpaired) electrons. The van der Waals surface area contributed by atoms with E-state index in [0.717, 1.165) is 11.3 Å². The van der Waals surface area contributed by atoms with Crippen LogP contribution in [0.25, 0.3) is 0 Å². The molecule has 1 saturated heterocycles. The number of carbonyl (C=O) groups is 2. The van der Waals surface area contributed by atoms with Crippen molar-refractivity contribution in [2.75, 3.05) is 86.1 Å². The smallest absolute Gasteiger partial charge is 0.356 e. The fraction of sp³-hybridized carbons (Fsp3) is 0.455. The molecule has 1 unspecified atom stereocenters. The molecule has 1 aliphatic rings. The van der Waals surface area contributed by atoms with Crippen LogP contribution in [0.4, 0.5) is 0 Å². The zero-order valence-corrected chi connectivity index (χ0v) is 25.7. The molecular formula is C33H42N4O8. The Morgan fingerprint density at radius 3 is 1.91 bits per heavy atom. The maximum absolute atomic E-state index is 12.3. The summed E-state index contributed by atoms with van der Waals surface area (Å²) in [7, 11) is 1.35. The molecular weight excluding hydrogens is 580 g/mol. The van der Waals surface area contributed by atoms with Crippen LogP contribution in [0.3, 0.4) is 0 Å². The Labute approximate surface area is 263 Å². The van der Waals surface area contributed by atoms with Crippen LogP contribution < -0.4 is 0 Å². The van der Waals surface area contributed by atoms with Crippen LogP contribution in [0.2, 0.25) is 0 Å². The van der Waals surface area contributed by atoms with Gasteiger partial charge in [-0.3, -0.25) is 9.80 Å². The van der Waals surface area contributed by atoms with Gasteiger partial charge >= 0.3 is 11.9 Å². The predicted molar refractivity (Wildman–Crippen MR) is 165 cm³/mol. The number of aromatic carboxylic acids is 1. The number of carboxylic acid groups (broad SMARTS) is 1. The third kappa shape index (κ3) is 11.3. The van der Waals surface area contributed by atoms with Crippen molar-refractivity contribution in [3.05, 3.63) is 95.1 Å². The van der Waals surface area contributed by atoms with E-state index in [9.17, 15) is 14.7 Å². The van der Waals surface area contributed by atoms with Crippen molar-refractivity contribution in [2.45, 2.75) is 12.6 Å². The summed E-state index contributed by atoms with van der Waals surface area (Å²) in [6.07, 6.45) is 0. The topological polar surface area (TPSA) is 133 Å². The largest absolute Gasteiger partial charge is 0.477 e. The van der Waals surface area contributed by atoms with E-state index in [0.29, 0.717) is 91.3 Å². The molecule has 0 saturated carbocycles. The number of nitrogens with zero attached hydrogens (tertiary/aromatic N) is 4. The Balaban J connectivity index is 1.39. The van der Waals surface area contributed by atoms with Gasteiger partial charge in [-0.2, -0.15) is 0 Å². The lowest BCUT2D eigenvalue weighted by molar-refractivity contribution is 0.00331. The van der Waals surface area contributed by atoms with Crippen molar-refractivity contribution in [1.82, 2.24) is 19.8 Å². The molecule has 45 heavy (non-hydrogen) atoms. The first-order chi connectivity index (χ1) is 22.0. The van der Waals surface area contributed by atoms with E-state index in [1.54, 1.807) is 12.1 Å². The van der Waals surface area contributed by atoms with Crippen molar-refractivity contribution in [3.63, 3.8) is 0 Å². The zero-order valence-electron chi connectivity index (χ0n) is 25.7. The minimum Gasteiger partial charge on any atom is -0.477 e. The van der Waals surface area contributed by atoms with Gasteiger partial charge in [-0.25, -0.2) is 19.6 Å². The molecule has 1 aliphatic heterocycles. The van der Waals surface area contributed by atoms with Crippen LogP contribution >= 0.6 is 0 Å². The SMILES string of the molecule is COC(=O)c1cccc(C(c2ccccc2)N2CCOCCOCCN(Cc3cccc(C(=O)O)n3)CCOCCOCC2)n1. The molecule has 0 bridgehead atoms. The van der Waals surface area contributed by atoms with E-state index < -0.39 is 11.9 Å². The van der Waals surface area contributed by atoms with E-state index in [2.05, 4.69) is 19.8 Å². The molecule has 1 atom stereocenters. The van der Waals surface area contributed by atoms with Crippen LogP contribution in [0.15, 0.2) is 66.7 Å². The van der Waals surface area contributed by atoms with Crippen LogP contribution in [0.1, 0.15) is 44.0 Å². The molecule has 3 heterocycles. The Kier molecular flexibility index (Phi) is 14.3. The number of pyridine rings is 2. The van der Waals surface area contributed by atoms with Gasteiger partial charge in [0.2, 0.25) is 0 Å². The van der Waals surface area contributed by atoms with Gasteiger partial charge in [0.25, 0.3) is 0 Å². The highest BCUT2D eigenvalue weighted by Crippen LogP contribution is 2.27. The summed E-state index contributed by atoms with van der Waals surface area (Å²) in [6.45, 7) is 6.56. The lowest BCUT2D eigenvalue weighted by atomic mass is 10.0. The van der Waals surface area contributed by atoms with Crippen molar-refractivity contribution in [1.29, 1.82) is 0 Å². The molecule has 0 aliphatic carbocycles. The van der Waals surface area contributed by atoms with Crippen LogP contribution in [-0.2, 0) is 30.2 Å². The molecule has 242 valence electrons. The Hall–Kier alpha value is -3.78. The predicted octanol–water partition coefficient (Wildman–Crippen LogP) is 2.94. The number of aromatic nitrogens is 2. The highest BCUT2D eigenvalue weighted by molar-refractivity contribution is 5.87. The molecule has 1 aromatic carbocycles. The number of benzene rings is 1.